The Hall–Kier alpha value is -2.11. The van der Waals surface area contributed by atoms with E-state index in [2.05, 4.69) is 0 Å². The van der Waals surface area contributed by atoms with Crippen LogP contribution in [0.4, 0.5) is 0 Å². The number of aliphatic hydroxyl groups is 1. The quantitative estimate of drug-likeness (QED) is 0.776. The summed E-state index contributed by atoms with van der Waals surface area (Å²) >= 11 is 1.66. The van der Waals surface area contributed by atoms with Crippen molar-refractivity contribution in [3.8, 4) is 0 Å². The number of hydrogen-bond donors (Lipinski definition) is 1. The molecule has 0 fully saturated rings. The lowest BCUT2D eigenvalue weighted by molar-refractivity contribution is 0.0710. The molecule has 0 aliphatic rings. The van der Waals surface area contributed by atoms with E-state index in [0.29, 0.717) is 24.2 Å². The molecule has 1 N–H and O–H groups in total. The molecule has 0 bridgehead atoms. The molecule has 0 radical (unpaired) electrons. The van der Waals surface area contributed by atoms with Gasteiger partial charge in [0.05, 0.1) is 18.7 Å². The predicted octanol–water partition coefficient (Wildman–Crippen LogP) is 3.75. The van der Waals surface area contributed by atoms with Crippen molar-refractivity contribution >= 4 is 28.2 Å². The highest BCUT2D eigenvalue weighted by atomic mass is 32.1. The number of aliphatic hydroxyl groups excluding tert-OH is 1. The normalized spacial score (nSPS) is 11.1. The van der Waals surface area contributed by atoms with E-state index in [1.54, 1.807) is 22.3 Å². The minimum absolute atomic E-state index is 0.0662. The van der Waals surface area contributed by atoms with E-state index in [4.69, 9.17) is 4.42 Å². The van der Waals surface area contributed by atoms with Gasteiger partial charge < -0.3 is 14.4 Å². The molecule has 0 atom stereocenters. The number of benzene rings is 1. The summed E-state index contributed by atoms with van der Waals surface area (Å²) in [5, 5.41) is 10.2. The summed E-state index contributed by atoms with van der Waals surface area (Å²) in [5.74, 6) is 0.660. The number of rotatable bonds is 5. The van der Waals surface area contributed by atoms with E-state index in [1.807, 2.05) is 44.2 Å². The van der Waals surface area contributed by atoms with Gasteiger partial charge in [-0.25, -0.2) is 0 Å². The summed E-state index contributed by atoms with van der Waals surface area (Å²) in [5.41, 5.74) is 1.15. The Morgan fingerprint density at radius 2 is 2.09 bits per heavy atom. The van der Waals surface area contributed by atoms with Crippen molar-refractivity contribution in [3.63, 3.8) is 0 Å². The fraction of sp³-hybridized carbons (Fsp3) is 0.278. The molecule has 0 aliphatic carbocycles. The lowest BCUT2D eigenvalue weighted by atomic mass is 10.1. The molecule has 0 saturated heterocycles. The van der Waals surface area contributed by atoms with Crippen molar-refractivity contribution < 1.29 is 14.3 Å². The molecule has 2 aromatic heterocycles. The number of hydrogen-bond acceptors (Lipinski definition) is 4. The molecule has 120 valence electrons. The third kappa shape index (κ3) is 3.30. The molecule has 3 aromatic rings. The minimum atomic E-state index is -0.120. The molecule has 0 saturated carbocycles. The summed E-state index contributed by atoms with van der Waals surface area (Å²) in [7, 11) is 0. The fourth-order valence-corrected chi connectivity index (χ4v) is 3.57. The fourth-order valence-electron chi connectivity index (χ4n) is 2.66. The van der Waals surface area contributed by atoms with E-state index in [0.717, 1.165) is 16.0 Å². The Bertz CT molecular complexity index is 834. The van der Waals surface area contributed by atoms with Crippen LogP contribution in [-0.4, -0.2) is 29.1 Å². The molecule has 23 heavy (non-hydrogen) atoms. The Labute approximate surface area is 139 Å². The molecule has 5 heteroatoms. The SMILES string of the molecule is Cc1cc2cccc(C(=O)N(CCO)Cc3ccc(C)s3)c2o1. The summed E-state index contributed by atoms with van der Waals surface area (Å²) in [6, 6.07) is 11.6. The van der Waals surface area contributed by atoms with Gasteiger partial charge in [0.2, 0.25) is 0 Å². The van der Waals surface area contributed by atoms with Crippen LogP contribution >= 0.6 is 11.3 Å². The smallest absolute Gasteiger partial charge is 0.258 e. The number of aryl methyl sites for hydroxylation is 2. The van der Waals surface area contributed by atoms with Crippen LogP contribution in [0.1, 0.15) is 25.9 Å². The van der Waals surface area contributed by atoms with Crippen molar-refractivity contribution in [3.05, 3.63) is 57.5 Å². The van der Waals surface area contributed by atoms with Crippen LogP contribution in [-0.2, 0) is 6.54 Å². The van der Waals surface area contributed by atoms with Gasteiger partial charge in [0.1, 0.15) is 11.3 Å². The summed E-state index contributed by atoms with van der Waals surface area (Å²) in [6.45, 7) is 4.63. The lowest BCUT2D eigenvalue weighted by Gasteiger charge is -2.21. The van der Waals surface area contributed by atoms with Gasteiger partial charge >= 0.3 is 0 Å². The first-order chi connectivity index (χ1) is 11.1. The summed E-state index contributed by atoms with van der Waals surface area (Å²) in [6.07, 6.45) is 0. The standard InChI is InChI=1S/C18H19NO3S/c1-12-10-14-4-3-5-16(17(14)22-12)18(21)19(8-9-20)11-15-7-6-13(2)23-15/h3-7,10,20H,8-9,11H2,1-2H3. The molecule has 1 aromatic carbocycles. The van der Waals surface area contributed by atoms with Crippen molar-refractivity contribution in [1.29, 1.82) is 0 Å². The van der Waals surface area contributed by atoms with Gasteiger partial charge in [-0.2, -0.15) is 0 Å². The number of furan rings is 1. The van der Waals surface area contributed by atoms with Crippen LogP contribution in [0.3, 0.4) is 0 Å². The second-order valence-corrected chi connectivity index (χ2v) is 6.92. The zero-order valence-corrected chi connectivity index (χ0v) is 14.0. The molecule has 0 spiro atoms. The van der Waals surface area contributed by atoms with E-state index in [9.17, 15) is 9.90 Å². The van der Waals surface area contributed by atoms with Crippen LogP contribution in [0.5, 0.6) is 0 Å². The van der Waals surface area contributed by atoms with E-state index >= 15 is 0 Å². The van der Waals surface area contributed by atoms with Gasteiger partial charge in [0, 0.05) is 21.7 Å². The van der Waals surface area contributed by atoms with Gasteiger partial charge in [-0.1, -0.05) is 12.1 Å². The van der Waals surface area contributed by atoms with Crippen molar-refractivity contribution in [2.75, 3.05) is 13.2 Å². The summed E-state index contributed by atoms with van der Waals surface area (Å²) in [4.78, 5) is 16.9. The van der Waals surface area contributed by atoms with E-state index in [1.165, 1.54) is 4.88 Å². The topological polar surface area (TPSA) is 53.7 Å². The molecule has 1 amide bonds. The molecule has 4 nitrogen and oxygen atoms in total. The van der Waals surface area contributed by atoms with E-state index < -0.39 is 0 Å². The number of fused-ring (bicyclic) bond motifs is 1. The highest BCUT2D eigenvalue weighted by Gasteiger charge is 2.20. The first kappa shape index (κ1) is 15.8. The number of carbonyl (C=O) groups is 1. The number of amides is 1. The average Bonchev–Trinajstić information content (AvgIpc) is 3.10. The predicted molar refractivity (Wildman–Crippen MR) is 91.8 cm³/mol. The molecule has 2 heterocycles. The lowest BCUT2D eigenvalue weighted by Crippen LogP contribution is -2.32. The largest absolute Gasteiger partial charge is 0.461 e. The van der Waals surface area contributed by atoms with Crippen LogP contribution in [0, 0.1) is 13.8 Å². The second kappa shape index (κ2) is 6.56. The molecule has 3 rings (SSSR count). The molecule has 0 unspecified atom stereocenters. The third-order valence-electron chi connectivity index (χ3n) is 3.70. The Balaban J connectivity index is 1.93. The van der Waals surface area contributed by atoms with Crippen LogP contribution in [0.2, 0.25) is 0 Å². The van der Waals surface area contributed by atoms with Crippen molar-refractivity contribution in [2.45, 2.75) is 20.4 Å². The summed E-state index contributed by atoms with van der Waals surface area (Å²) < 4.78 is 5.70. The Kier molecular flexibility index (Phi) is 4.50. The highest BCUT2D eigenvalue weighted by Crippen LogP contribution is 2.25. The van der Waals surface area contributed by atoms with Crippen LogP contribution in [0.15, 0.2) is 40.8 Å². The first-order valence-corrected chi connectivity index (χ1v) is 8.35. The van der Waals surface area contributed by atoms with E-state index in [-0.39, 0.29) is 12.5 Å². The minimum Gasteiger partial charge on any atom is -0.461 e. The Morgan fingerprint density at radius 1 is 1.26 bits per heavy atom. The number of carbonyl (C=O) groups excluding carboxylic acids is 1. The third-order valence-corrected chi connectivity index (χ3v) is 4.68. The maximum atomic E-state index is 12.9. The number of nitrogens with zero attached hydrogens (tertiary/aromatic N) is 1. The maximum absolute atomic E-state index is 12.9. The van der Waals surface area contributed by atoms with Crippen LogP contribution in [0.25, 0.3) is 11.0 Å². The highest BCUT2D eigenvalue weighted by molar-refractivity contribution is 7.11. The van der Waals surface area contributed by atoms with Gasteiger partial charge in [0.25, 0.3) is 5.91 Å². The number of para-hydroxylation sites is 1. The van der Waals surface area contributed by atoms with Crippen LogP contribution < -0.4 is 0 Å². The molecular formula is C18H19NO3S. The van der Waals surface area contributed by atoms with Crippen molar-refractivity contribution in [1.82, 2.24) is 4.90 Å². The first-order valence-electron chi connectivity index (χ1n) is 7.53. The van der Waals surface area contributed by atoms with Gasteiger partial charge in [0.15, 0.2) is 0 Å². The van der Waals surface area contributed by atoms with Gasteiger partial charge in [-0.3, -0.25) is 4.79 Å². The second-order valence-electron chi connectivity index (χ2n) is 5.54. The monoisotopic (exact) mass is 329 g/mol. The van der Waals surface area contributed by atoms with Gasteiger partial charge in [-0.05, 0) is 38.1 Å². The van der Waals surface area contributed by atoms with Gasteiger partial charge in [-0.15, -0.1) is 11.3 Å². The van der Waals surface area contributed by atoms with Crippen molar-refractivity contribution in [2.24, 2.45) is 0 Å². The zero-order valence-electron chi connectivity index (χ0n) is 13.2. The number of thiophene rings is 1. The zero-order chi connectivity index (χ0) is 16.4. The molecule has 0 aliphatic heterocycles. The average molecular weight is 329 g/mol. The molecular weight excluding hydrogens is 310 g/mol. The maximum Gasteiger partial charge on any atom is 0.258 e. The Morgan fingerprint density at radius 3 is 2.78 bits per heavy atom.